The third-order valence-electron chi connectivity index (χ3n) is 2.63. The number of rotatable bonds is 8. The second-order valence-electron chi connectivity index (χ2n) is 4.35. The van der Waals surface area contributed by atoms with Gasteiger partial charge in [0, 0.05) is 12.5 Å². The van der Waals surface area contributed by atoms with E-state index in [4.69, 9.17) is 15.4 Å². The van der Waals surface area contributed by atoms with Crippen LogP contribution in [-0.2, 0) is 19.6 Å². The molecule has 130 valence electrons. The quantitative estimate of drug-likeness (QED) is 0.278. The summed E-state index contributed by atoms with van der Waals surface area (Å²) in [5, 5.41) is 36.7. The molecule has 0 unspecified atom stereocenters. The molecule has 0 aliphatic carbocycles. The lowest BCUT2D eigenvalue weighted by molar-refractivity contribution is -0.384. The largest absolute Gasteiger partial charge is 0.481 e. The third-order valence-corrected chi connectivity index (χ3v) is 3.54. The van der Waals surface area contributed by atoms with Crippen molar-refractivity contribution in [2.75, 3.05) is 5.43 Å². The first-order valence-corrected chi connectivity index (χ1v) is 7.66. The summed E-state index contributed by atoms with van der Waals surface area (Å²) in [6.45, 7) is 0. The zero-order valence-electron chi connectivity index (χ0n) is 11.9. The zero-order valence-corrected chi connectivity index (χ0v) is 12.7. The number of carbonyl (C=O) groups is 2. The molecule has 13 heteroatoms. The molecule has 0 amide bonds. The molecule has 0 bridgehead atoms. The smallest absolute Gasteiger partial charge is 0.352 e. The number of nitrogens with two attached hydrogens (primary N) is 1. The van der Waals surface area contributed by atoms with Crippen molar-refractivity contribution < 1.29 is 33.1 Å². The summed E-state index contributed by atoms with van der Waals surface area (Å²) in [6.07, 6.45) is -0.917. The molecule has 0 heterocycles. The number of sulfonamides is 1. The van der Waals surface area contributed by atoms with Gasteiger partial charge in [0.05, 0.1) is 16.2 Å². The molecule has 0 radical (unpaired) electrons. The molecule has 0 spiro atoms. The minimum Gasteiger partial charge on any atom is -0.481 e. The van der Waals surface area contributed by atoms with Crippen LogP contribution in [0.25, 0.3) is 0 Å². The van der Waals surface area contributed by atoms with Gasteiger partial charge in [-0.3, -0.25) is 20.3 Å². The number of nitro benzene ring substituents is 1. The molecule has 0 saturated heterocycles. The van der Waals surface area contributed by atoms with E-state index in [9.17, 15) is 28.1 Å². The van der Waals surface area contributed by atoms with E-state index in [0.717, 1.165) is 12.1 Å². The summed E-state index contributed by atoms with van der Waals surface area (Å²) in [5.41, 5.74) is 0.557. The fraction of sp³-hybridized carbons (Fsp3) is 0.182. The van der Waals surface area contributed by atoms with Crippen LogP contribution >= 0.6 is 0 Å². The number of nitrogens with one attached hydrogen (secondary N) is 1. The molecule has 1 rings (SSSR count). The molecule has 5 N–H and O–H groups in total. The van der Waals surface area contributed by atoms with Crippen molar-refractivity contribution in [3.63, 3.8) is 0 Å². The molecule has 0 fully saturated rings. The van der Waals surface area contributed by atoms with Gasteiger partial charge in [-0.05, 0) is 12.1 Å². The number of carboxylic acid groups (broad SMARTS) is 2. The lowest BCUT2D eigenvalue weighted by atomic mass is 10.2. The maximum atomic E-state index is 11.2. The molecule has 0 aliphatic rings. The van der Waals surface area contributed by atoms with Crippen LogP contribution in [0.4, 0.5) is 11.4 Å². The second kappa shape index (κ2) is 7.47. The summed E-state index contributed by atoms with van der Waals surface area (Å²) < 4.78 is 22.4. The molecule has 1 aromatic carbocycles. The summed E-state index contributed by atoms with van der Waals surface area (Å²) in [5.74, 6) is -2.75. The Morgan fingerprint density at radius 3 is 2.38 bits per heavy atom. The van der Waals surface area contributed by atoms with Crippen LogP contribution in [0.1, 0.15) is 12.8 Å². The van der Waals surface area contributed by atoms with Crippen molar-refractivity contribution in [3.05, 3.63) is 28.3 Å². The van der Waals surface area contributed by atoms with E-state index >= 15 is 0 Å². The van der Waals surface area contributed by atoms with Crippen molar-refractivity contribution in [3.8, 4) is 0 Å². The molecular formula is C11H12N4O8S. The topological polar surface area (TPSA) is 202 Å². The van der Waals surface area contributed by atoms with Crippen molar-refractivity contribution in [2.45, 2.75) is 17.7 Å². The standard InChI is InChI=1S/C11H12N4O8S/c12-24(22,23)6-1-2-7(9(5-6)15(20)21)13-14-8(11(18)19)3-4-10(16)17/h1-2,5,13H,3-4H2,(H,16,17)(H,18,19)(H2,12,22,23). The van der Waals surface area contributed by atoms with Gasteiger partial charge in [-0.1, -0.05) is 0 Å². The van der Waals surface area contributed by atoms with Gasteiger partial charge in [0.25, 0.3) is 5.69 Å². The minimum atomic E-state index is -4.17. The fourth-order valence-electron chi connectivity index (χ4n) is 1.50. The Morgan fingerprint density at radius 2 is 1.92 bits per heavy atom. The molecule has 0 atom stereocenters. The predicted octanol–water partition coefficient (Wildman–Crippen LogP) is -0.0405. The highest BCUT2D eigenvalue weighted by Crippen LogP contribution is 2.27. The van der Waals surface area contributed by atoms with Gasteiger partial charge >= 0.3 is 11.9 Å². The van der Waals surface area contributed by atoms with Gasteiger partial charge in [0.2, 0.25) is 10.0 Å². The third kappa shape index (κ3) is 5.29. The number of nitro groups is 1. The Morgan fingerprint density at radius 1 is 1.29 bits per heavy atom. The van der Waals surface area contributed by atoms with E-state index in [1.807, 2.05) is 0 Å². The van der Waals surface area contributed by atoms with Crippen molar-refractivity contribution in [1.29, 1.82) is 0 Å². The second-order valence-corrected chi connectivity index (χ2v) is 5.91. The van der Waals surface area contributed by atoms with Gasteiger partial charge in [-0.25, -0.2) is 18.4 Å². The van der Waals surface area contributed by atoms with Crippen LogP contribution in [0, 0.1) is 10.1 Å². The Kier molecular flexibility index (Phi) is 5.91. The fourth-order valence-corrected chi connectivity index (χ4v) is 2.03. The summed E-state index contributed by atoms with van der Waals surface area (Å²) >= 11 is 0. The number of nitrogens with zero attached hydrogens (tertiary/aromatic N) is 2. The van der Waals surface area contributed by atoms with E-state index in [-0.39, 0.29) is 5.69 Å². The van der Waals surface area contributed by atoms with Crippen LogP contribution in [0.5, 0.6) is 0 Å². The SMILES string of the molecule is NS(=O)(=O)c1ccc(NN=C(CCC(=O)O)C(=O)O)c([N+](=O)[O-])c1. The Bertz CT molecular complexity index is 817. The highest BCUT2D eigenvalue weighted by Gasteiger charge is 2.19. The van der Waals surface area contributed by atoms with Gasteiger partial charge in [0.1, 0.15) is 11.4 Å². The maximum absolute atomic E-state index is 11.2. The molecule has 0 aromatic heterocycles. The van der Waals surface area contributed by atoms with Crippen molar-refractivity contribution >= 4 is 39.0 Å². The van der Waals surface area contributed by atoms with Gasteiger partial charge in [-0.15, -0.1) is 0 Å². The van der Waals surface area contributed by atoms with Crippen LogP contribution in [0.3, 0.4) is 0 Å². The molecule has 1 aromatic rings. The number of hydrogen-bond donors (Lipinski definition) is 4. The first-order valence-electron chi connectivity index (χ1n) is 6.11. The lowest BCUT2D eigenvalue weighted by Gasteiger charge is -2.05. The normalized spacial score (nSPS) is 11.8. The number of hydrogen-bond acceptors (Lipinski definition) is 8. The molecule has 24 heavy (non-hydrogen) atoms. The number of hydrazone groups is 1. The monoisotopic (exact) mass is 360 g/mol. The maximum Gasteiger partial charge on any atom is 0.352 e. The molecule has 0 saturated carbocycles. The van der Waals surface area contributed by atoms with Gasteiger partial charge < -0.3 is 10.2 Å². The Balaban J connectivity index is 3.17. The lowest BCUT2D eigenvalue weighted by Crippen LogP contribution is -2.17. The number of carboxylic acids is 2. The van der Waals surface area contributed by atoms with Gasteiger partial charge in [0.15, 0.2) is 0 Å². The van der Waals surface area contributed by atoms with Crippen molar-refractivity contribution in [2.24, 2.45) is 10.2 Å². The average molecular weight is 360 g/mol. The minimum absolute atomic E-state index is 0.290. The number of aliphatic carboxylic acids is 2. The Labute approximate surface area is 134 Å². The number of primary sulfonamides is 1. The average Bonchev–Trinajstić information content (AvgIpc) is 2.45. The molecule has 0 aliphatic heterocycles. The van der Waals surface area contributed by atoms with E-state index < -0.39 is 56.0 Å². The highest BCUT2D eigenvalue weighted by atomic mass is 32.2. The van der Waals surface area contributed by atoms with E-state index in [1.54, 1.807) is 0 Å². The number of benzene rings is 1. The molecule has 12 nitrogen and oxygen atoms in total. The van der Waals surface area contributed by atoms with Crippen LogP contribution in [0.2, 0.25) is 0 Å². The summed E-state index contributed by atoms with van der Waals surface area (Å²) in [6, 6.07) is 2.64. The van der Waals surface area contributed by atoms with E-state index in [1.165, 1.54) is 0 Å². The van der Waals surface area contributed by atoms with Gasteiger partial charge in [-0.2, -0.15) is 5.10 Å². The summed E-state index contributed by atoms with van der Waals surface area (Å²) in [4.78, 5) is 31.0. The predicted molar refractivity (Wildman–Crippen MR) is 80.0 cm³/mol. The van der Waals surface area contributed by atoms with E-state index in [2.05, 4.69) is 10.5 Å². The first-order chi connectivity index (χ1) is 11.0. The molecular weight excluding hydrogens is 348 g/mol. The van der Waals surface area contributed by atoms with Crippen LogP contribution in [-0.4, -0.2) is 41.2 Å². The van der Waals surface area contributed by atoms with Crippen molar-refractivity contribution in [1.82, 2.24) is 0 Å². The first kappa shape index (κ1) is 19.0. The van der Waals surface area contributed by atoms with Crippen LogP contribution < -0.4 is 10.6 Å². The van der Waals surface area contributed by atoms with Crippen LogP contribution in [0.15, 0.2) is 28.2 Å². The Hall–Kier alpha value is -3.06. The zero-order chi connectivity index (χ0) is 18.5. The van der Waals surface area contributed by atoms with E-state index in [0.29, 0.717) is 6.07 Å². The summed E-state index contributed by atoms with van der Waals surface area (Å²) in [7, 11) is -4.17. The highest BCUT2D eigenvalue weighted by molar-refractivity contribution is 7.89. The number of anilines is 1.